The van der Waals surface area contributed by atoms with E-state index in [1.165, 1.54) is 24.2 Å². The number of aliphatic hydroxyl groups excluding tert-OH is 1. The lowest BCUT2D eigenvalue weighted by atomic mass is 10.1. The number of aliphatic imine (C=N–C) groups is 1. The zero-order chi connectivity index (χ0) is 19.1. The maximum Gasteiger partial charge on any atom is 0.194 e. The summed E-state index contributed by atoms with van der Waals surface area (Å²) in [7, 11) is 0. The van der Waals surface area contributed by atoms with Crippen molar-refractivity contribution in [1.82, 2.24) is 20.0 Å². The zero-order valence-electron chi connectivity index (χ0n) is 17.3. The number of nitrogens with zero attached hydrogens (tertiary/aromatic N) is 4. The topological polar surface area (TPSA) is 54.3 Å². The van der Waals surface area contributed by atoms with Gasteiger partial charge in [-0.1, -0.05) is 31.2 Å². The second-order valence-corrected chi connectivity index (χ2v) is 7.59. The summed E-state index contributed by atoms with van der Waals surface area (Å²) in [6.45, 7) is 14.3. The van der Waals surface area contributed by atoms with E-state index < -0.39 is 0 Å². The second kappa shape index (κ2) is 11.9. The highest BCUT2D eigenvalue weighted by Crippen LogP contribution is 2.12. The molecule has 2 aliphatic heterocycles. The van der Waals surface area contributed by atoms with E-state index in [1.807, 2.05) is 0 Å². The van der Waals surface area contributed by atoms with Gasteiger partial charge in [0.1, 0.15) is 0 Å². The van der Waals surface area contributed by atoms with Gasteiger partial charge < -0.3 is 20.2 Å². The molecular weight excluding hydrogens is 465 g/mol. The lowest BCUT2D eigenvalue weighted by Gasteiger charge is -2.34. The van der Waals surface area contributed by atoms with Crippen molar-refractivity contribution in [3.63, 3.8) is 0 Å². The minimum Gasteiger partial charge on any atom is -0.391 e. The molecule has 0 spiro atoms. The quantitative estimate of drug-likeness (QED) is 0.355. The number of likely N-dealkylation sites (N-methyl/N-ethyl adjacent to an activating group) is 1. The molecule has 2 heterocycles. The lowest BCUT2D eigenvalue weighted by Crippen LogP contribution is -2.45. The lowest BCUT2D eigenvalue weighted by molar-refractivity contribution is 0.132. The molecule has 0 radical (unpaired) electrons. The van der Waals surface area contributed by atoms with Crippen molar-refractivity contribution in [1.29, 1.82) is 0 Å². The van der Waals surface area contributed by atoms with Crippen LogP contribution in [-0.4, -0.2) is 84.2 Å². The fourth-order valence-corrected chi connectivity index (χ4v) is 3.80. The van der Waals surface area contributed by atoms with Gasteiger partial charge in [0.05, 0.1) is 12.6 Å². The van der Waals surface area contributed by atoms with Gasteiger partial charge in [-0.15, -0.1) is 24.0 Å². The summed E-state index contributed by atoms with van der Waals surface area (Å²) in [6.07, 6.45) is 0.596. The van der Waals surface area contributed by atoms with Crippen LogP contribution in [-0.2, 0) is 13.1 Å². The molecule has 2 N–H and O–H groups in total. The van der Waals surface area contributed by atoms with Crippen molar-refractivity contribution in [2.75, 3.05) is 52.4 Å². The monoisotopic (exact) mass is 501 g/mol. The third-order valence-electron chi connectivity index (χ3n) is 5.55. The fourth-order valence-electron chi connectivity index (χ4n) is 3.80. The van der Waals surface area contributed by atoms with Gasteiger partial charge in [-0.3, -0.25) is 4.90 Å². The summed E-state index contributed by atoms with van der Waals surface area (Å²) in [4.78, 5) is 12.0. The van der Waals surface area contributed by atoms with E-state index in [2.05, 4.69) is 58.1 Å². The third kappa shape index (κ3) is 6.86. The Labute approximate surface area is 187 Å². The maximum absolute atomic E-state index is 9.76. The van der Waals surface area contributed by atoms with Crippen molar-refractivity contribution in [3.05, 3.63) is 35.4 Å². The Kier molecular flexibility index (Phi) is 9.98. The largest absolute Gasteiger partial charge is 0.391 e. The van der Waals surface area contributed by atoms with Gasteiger partial charge in [-0.2, -0.15) is 0 Å². The number of piperazine rings is 1. The molecule has 1 atom stereocenters. The first kappa shape index (κ1) is 23.4. The second-order valence-electron chi connectivity index (χ2n) is 7.59. The molecule has 3 rings (SSSR count). The van der Waals surface area contributed by atoms with Gasteiger partial charge in [0, 0.05) is 52.4 Å². The fraction of sp³-hybridized carbons (Fsp3) is 0.667. The molecule has 0 unspecified atom stereocenters. The highest BCUT2D eigenvalue weighted by Gasteiger charge is 2.22. The SMILES string of the molecule is CCNC(=NCc1ccc(CN2CCN(CC)CC2)cc1)N1CC[C@@H](O)C1.I. The molecule has 0 saturated carbocycles. The maximum atomic E-state index is 9.76. The Morgan fingerprint density at radius 1 is 1.04 bits per heavy atom. The van der Waals surface area contributed by atoms with Crippen LogP contribution >= 0.6 is 24.0 Å². The highest BCUT2D eigenvalue weighted by molar-refractivity contribution is 14.0. The molecule has 0 aromatic heterocycles. The number of likely N-dealkylation sites (tertiary alicyclic amines) is 1. The van der Waals surface area contributed by atoms with Crippen molar-refractivity contribution in [2.45, 2.75) is 39.5 Å². The van der Waals surface area contributed by atoms with Crippen molar-refractivity contribution < 1.29 is 5.11 Å². The van der Waals surface area contributed by atoms with Crippen molar-refractivity contribution >= 4 is 29.9 Å². The van der Waals surface area contributed by atoms with E-state index in [1.54, 1.807) is 0 Å². The molecule has 0 amide bonds. The van der Waals surface area contributed by atoms with Crippen molar-refractivity contribution in [3.8, 4) is 0 Å². The van der Waals surface area contributed by atoms with Crippen LogP contribution in [0.3, 0.4) is 0 Å². The van der Waals surface area contributed by atoms with Crippen LogP contribution in [0.5, 0.6) is 0 Å². The van der Waals surface area contributed by atoms with E-state index in [-0.39, 0.29) is 30.1 Å². The first-order chi connectivity index (χ1) is 13.2. The molecule has 28 heavy (non-hydrogen) atoms. The number of hydrogen-bond donors (Lipinski definition) is 2. The number of β-amino-alcohol motifs (C(OH)–C–C–N with tert-alkyl or cyclic N) is 1. The summed E-state index contributed by atoms with van der Waals surface area (Å²) >= 11 is 0. The van der Waals surface area contributed by atoms with E-state index in [0.29, 0.717) is 13.1 Å². The Morgan fingerprint density at radius 2 is 1.68 bits per heavy atom. The van der Waals surface area contributed by atoms with Gasteiger partial charge in [-0.05, 0) is 31.0 Å². The predicted octanol–water partition coefficient (Wildman–Crippen LogP) is 1.97. The van der Waals surface area contributed by atoms with E-state index in [0.717, 1.165) is 51.6 Å². The van der Waals surface area contributed by atoms with Crippen LogP contribution in [0.1, 0.15) is 31.4 Å². The highest BCUT2D eigenvalue weighted by atomic mass is 127. The Hall–Kier alpha value is -0.900. The summed E-state index contributed by atoms with van der Waals surface area (Å²) in [5.41, 5.74) is 2.60. The number of halogens is 1. The molecule has 2 aliphatic rings. The van der Waals surface area contributed by atoms with Crippen LogP contribution < -0.4 is 5.32 Å². The number of hydrogen-bond acceptors (Lipinski definition) is 4. The van der Waals surface area contributed by atoms with E-state index >= 15 is 0 Å². The summed E-state index contributed by atoms with van der Waals surface area (Å²) in [6, 6.07) is 8.88. The molecule has 7 heteroatoms. The van der Waals surface area contributed by atoms with Gasteiger partial charge in [0.15, 0.2) is 5.96 Å². The molecule has 1 aromatic rings. The zero-order valence-corrected chi connectivity index (χ0v) is 19.6. The minimum absolute atomic E-state index is 0. The van der Waals surface area contributed by atoms with Crippen LogP contribution in [0.25, 0.3) is 0 Å². The van der Waals surface area contributed by atoms with Crippen LogP contribution in [0.4, 0.5) is 0 Å². The third-order valence-corrected chi connectivity index (χ3v) is 5.55. The number of rotatable bonds is 6. The molecular formula is C21H36IN5O. The van der Waals surface area contributed by atoms with Gasteiger partial charge in [0.2, 0.25) is 0 Å². The van der Waals surface area contributed by atoms with Crippen molar-refractivity contribution in [2.24, 2.45) is 4.99 Å². The molecule has 6 nitrogen and oxygen atoms in total. The predicted molar refractivity (Wildman–Crippen MR) is 126 cm³/mol. The Balaban J connectivity index is 0.00000280. The number of nitrogens with one attached hydrogen (secondary N) is 1. The standard InChI is InChI=1S/C21H35N5O.HI/c1-3-22-21(26-10-9-20(27)17-26)23-15-18-5-7-19(8-6-18)16-25-13-11-24(4-2)12-14-25;/h5-8,20,27H,3-4,9-17H2,1-2H3,(H,22,23);1H/t20-;/m1./s1. The van der Waals surface area contributed by atoms with Crippen LogP contribution in [0.15, 0.2) is 29.3 Å². The van der Waals surface area contributed by atoms with Gasteiger partial charge in [0.25, 0.3) is 0 Å². The molecule has 0 bridgehead atoms. The minimum atomic E-state index is -0.229. The number of aliphatic hydroxyl groups is 1. The smallest absolute Gasteiger partial charge is 0.194 e. The Morgan fingerprint density at radius 3 is 2.25 bits per heavy atom. The van der Waals surface area contributed by atoms with E-state index in [4.69, 9.17) is 4.99 Å². The van der Waals surface area contributed by atoms with Crippen LogP contribution in [0, 0.1) is 0 Å². The van der Waals surface area contributed by atoms with Gasteiger partial charge >= 0.3 is 0 Å². The molecule has 2 saturated heterocycles. The number of guanidine groups is 1. The summed E-state index contributed by atoms with van der Waals surface area (Å²) in [5, 5.41) is 13.1. The summed E-state index contributed by atoms with van der Waals surface area (Å²) < 4.78 is 0. The molecule has 0 aliphatic carbocycles. The molecule has 2 fully saturated rings. The first-order valence-corrected chi connectivity index (χ1v) is 10.4. The van der Waals surface area contributed by atoms with E-state index in [9.17, 15) is 5.11 Å². The summed E-state index contributed by atoms with van der Waals surface area (Å²) in [5.74, 6) is 0.909. The average Bonchev–Trinajstić information content (AvgIpc) is 3.13. The van der Waals surface area contributed by atoms with Crippen LogP contribution in [0.2, 0.25) is 0 Å². The van der Waals surface area contributed by atoms with Gasteiger partial charge in [-0.25, -0.2) is 4.99 Å². The molecule has 1 aromatic carbocycles. The average molecular weight is 501 g/mol. The first-order valence-electron chi connectivity index (χ1n) is 10.4. The Bertz CT molecular complexity index is 601. The molecule has 158 valence electrons. The normalized spacial score (nSPS) is 21.6. The number of benzene rings is 1.